The minimum atomic E-state index is -1.10. The van der Waals surface area contributed by atoms with Crippen LogP contribution in [0.25, 0.3) is 0 Å². The van der Waals surface area contributed by atoms with Crippen molar-refractivity contribution in [2.75, 3.05) is 0 Å². The lowest BCUT2D eigenvalue weighted by molar-refractivity contribution is 0.540. The first kappa shape index (κ1) is 15.9. The molecule has 0 aliphatic heterocycles. The van der Waals surface area contributed by atoms with Crippen LogP contribution in [0.15, 0.2) is 11.8 Å². The summed E-state index contributed by atoms with van der Waals surface area (Å²) in [4.78, 5) is 7.59. The maximum absolute atomic E-state index is 3.79. The van der Waals surface area contributed by atoms with Gasteiger partial charge in [0.25, 0.3) is 0 Å². The predicted molar refractivity (Wildman–Crippen MR) is 77.0 cm³/mol. The van der Waals surface area contributed by atoms with E-state index in [0.717, 1.165) is 0 Å². The van der Waals surface area contributed by atoms with Gasteiger partial charge >= 0.3 is 0 Å². The molecule has 0 rings (SSSR count). The predicted octanol–water partition coefficient (Wildman–Crippen LogP) is 2.88. The highest BCUT2D eigenvalue weighted by molar-refractivity contribution is 6.59. The average molecular weight is 242 g/mol. The van der Waals surface area contributed by atoms with Crippen LogP contribution in [0.1, 0.15) is 60.3 Å². The molecule has 0 aromatic carbocycles. The number of hydrogen-bond donors (Lipinski definition) is 2. The quantitative estimate of drug-likeness (QED) is 0.608. The fourth-order valence-corrected chi connectivity index (χ4v) is 4.57. The van der Waals surface area contributed by atoms with Crippen LogP contribution in [0, 0.1) is 0 Å². The van der Waals surface area contributed by atoms with Gasteiger partial charge in [-0.15, -0.1) is 0 Å². The van der Waals surface area contributed by atoms with Crippen molar-refractivity contribution in [3.8, 4) is 0 Å². The summed E-state index contributed by atoms with van der Waals surface area (Å²) in [7, 11) is -1.10. The first-order valence-corrected chi connectivity index (χ1v) is 8.68. The molecule has 0 aromatic rings. The van der Waals surface area contributed by atoms with Gasteiger partial charge in [0.2, 0.25) is 9.12 Å². The zero-order valence-electron chi connectivity index (χ0n) is 11.7. The molecule has 0 fully saturated rings. The lowest BCUT2D eigenvalue weighted by atomic mass is 10.2. The Bertz CT molecular complexity index is 161. The van der Waals surface area contributed by atoms with E-state index in [1.54, 1.807) is 0 Å². The molecule has 0 aliphatic carbocycles. The molecule has 0 aliphatic rings. The maximum atomic E-state index is 3.79. The summed E-state index contributed by atoms with van der Waals surface area (Å²) in [6.45, 7) is 11.2. The van der Waals surface area contributed by atoms with Crippen molar-refractivity contribution in [2.45, 2.75) is 72.4 Å². The van der Waals surface area contributed by atoms with Crippen LogP contribution in [0.3, 0.4) is 0 Å². The van der Waals surface area contributed by atoms with Crippen LogP contribution in [0.2, 0.25) is 0 Å². The molecule has 0 saturated heterocycles. The summed E-state index contributed by atoms with van der Waals surface area (Å²) >= 11 is 0. The largest absolute Gasteiger partial charge is 0.322 e. The van der Waals surface area contributed by atoms with Gasteiger partial charge in [-0.25, -0.2) is 0 Å². The Morgan fingerprint density at radius 2 is 1.25 bits per heavy atom. The lowest BCUT2D eigenvalue weighted by Gasteiger charge is -2.25. The second-order valence-electron chi connectivity index (χ2n) is 4.36. The second-order valence-corrected chi connectivity index (χ2v) is 6.37. The second kappa shape index (κ2) is 10.1. The van der Waals surface area contributed by atoms with Crippen molar-refractivity contribution >= 4 is 9.12 Å². The monoisotopic (exact) mass is 242 g/mol. The normalized spacial score (nSPS) is 12.5. The Kier molecular flexibility index (Phi) is 9.98. The van der Waals surface area contributed by atoms with Gasteiger partial charge in [-0.2, -0.15) is 0 Å². The first-order chi connectivity index (χ1) is 7.71. The van der Waals surface area contributed by atoms with Crippen molar-refractivity contribution in [2.24, 2.45) is 0 Å². The van der Waals surface area contributed by atoms with Gasteiger partial charge in [-0.1, -0.05) is 39.5 Å². The van der Waals surface area contributed by atoms with Gasteiger partial charge in [-0.05, 0) is 32.6 Å². The van der Waals surface area contributed by atoms with Crippen molar-refractivity contribution in [3.05, 3.63) is 11.8 Å². The van der Waals surface area contributed by atoms with Gasteiger partial charge in [0.05, 0.1) is 0 Å². The van der Waals surface area contributed by atoms with Crippen molar-refractivity contribution in [1.29, 1.82) is 0 Å². The minimum Gasteiger partial charge on any atom is -0.322 e. The third kappa shape index (κ3) is 6.46. The number of nitrogens with one attached hydrogen (secondary N) is 2. The maximum Gasteiger partial charge on any atom is 0.210 e. The Labute approximate surface area is 104 Å². The fourth-order valence-electron chi connectivity index (χ4n) is 1.91. The third-order valence-electron chi connectivity index (χ3n) is 3.19. The van der Waals surface area contributed by atoms with Crippen LogP contribution >= 0.6 is 0 Å². The van der Waals surface area contributed by atoms with E-state index in [9.17, 15) is 0 Å². The van der Waals surface area contributed by atoms with E-state index in [2.05, 4.69) is 56.4 Å². The first-order valence-electron chi connectivity index (χ1n) is 6.86. The van der Waals surface area contributed by atoms with Crippen LogP contribution in [-0.2, 0) is 0 Å². The Morgan fingerprint density at radius 3 is 1.50 bits per heavy atom. The molecular formula is C13H30N2Si. The van der Waals surface area contributed by atoms with Gasteiger partial charge in [0.15, 0.2) is 0 Å². The third-order valence-corrected chi connectivity index (χ3v) is 5.62. The standard InChI is InChI=1S/C13H30N2Si/c1-6-11-16(14-12(7-2)8-3)15-13(9-4)10-5/h6,11-16H,7-10H2,1-5H3. The molecule has 0 amide bonds. The van der Waals surface area contributed by atoms with E-state index in [1.807, 2.05) is 0 Å². The summed E-state index contributed by atoms with van der Waals surface area (Å²) in [6.07, 6.45) is 7.08. The summed E-state index contributed by atoms with van der Waals surface area (Å²) in [5, 5.41) is 0. The topological polar surface area (TPSA) is 24.1 Å². The van der Waals surface area contributed by atoms with Crippen LogP contribution < -0.4 is 9.96 Å². The molecule has 0 atom stereocenters. The Morgan fingerprint density at radius 1 is 0.875 bits per heavy atom. The van der Waals surface area contributed by atoms with Crippen molar-refractivity contribution in [3.63, 3.8) is 0 Å². The smallest absolute Gasteiger partial charge is 0.210 e. The molecule has 96 valence electrons. The SMILES string of the molecule is CC=C[SiH](NC(CC)CC)NC(CC)CC. The van der Waals surface area contributed by atoms with Crippen molar-refractivity contribution < 1.29 is 0 Å². The molecule has 0 unspecified atom stereocenters. The highest BCUT2D eigenvalue weighted by Crippen LogP contribution is 2.00. The molecule has 0 aromatic heterocycles. The number of hydrogen-bond acceptors (Lipinski definition) is 2. The van der Waals surface area contributed by atoms with E-state index < -0.39 is 9.12 Å². The van der Waals surface area contributed by atoms with Gasteiger partial charge in [0, 0.05) is 12.1 Å². The average Bonchev–Trinajstić information content (AvgIpc) is 2.32. The van der Waals surface area contributed by atoms with E-state index in [4.69, 9.17) is 0 Å². The molecule has 0 heterocycles. The summed E-state index contributed by atoms with van der Waals surface area (Å²) < 4.78 is 0. The van der Waals surface area contributed by atoms with Crippen LogP contribution in [-0.4, -0.2) is 21.2 Å². The molecular weight excluding hydrogens is 212 g/mol. The fraction of sp³-hybridized carbons (Fsp3) is 0.846. The molecule has 16 heavy (non-hydrogen) atoms. The van der Waals surface area contributed by atoms with Gasteiger partial charge < -0.3 is 9.96 Å². The van der Waals surface area contributed by atoms with E-state index in [0.29, 0.717) is 12.1 Å². The molecule has 3 heteroatoms. The van der Waals surface area contributed by atoms with Gasteiger partial charge in [-0.3, -0.25) is 0 Å². The lowest BCUT2D eigenvalue weighted by Crippen LogP contribution is -2.53. The molecule has 0 spiro atoms. The molecule has 0 radical (unpaired) electrons. The van der Waals surface area contributed by atoms with Crippen molar-refractivity contribution in [1.82, 2.24) is 9.96 Å². The molecule has 0 saturated carbocycles. The Hall–Kier alpha value is -0.123. The minimum absolute atomic E-state index is 0.676. The Balaban J connectivity index is 4.25. The van der Waals surface area contributed by atoms with E-state index >= 15 is 0 Å². The molecule has 0 bridgehead atoms. The molecule has 2 N–H and O–H groups in total. The van der Waals surface area contributed by atoms with E-state index in [-0.39, 0.29) is 0 Å². The highest BCUT2D eigenvalue weighted by Gasteiger charge is 2.14. The molecule has 2 nitrogen and oxygen atoms in total. The van der Waals surface area contributed by atoms with Crippen LogP contribution in [0.4, 0.5) is 0 Å². The number of allylic oxidation sites excluding steroid dienone is 1. The zero-order valence-corrected chi connectivity index (χ0v) is 12.9. The zero-order chi connectivity index (χ0) is 12.4. The summed E-state index contributed by atoms with van der Waals surface area (Å²) in [5.74, 6) is 0. The van der Waals surface area contributed by atoms with E-state index in [1.165, 1.54) is 25.7 Å². The summed E-state index contributed by atoms with van der Waals surface area (Å²) in [5.41, 5.74) is 2.36. The summed E-state index contributed by atoms with van der Waals surface area (Å²) in [6, 6.07) is 1.35. The van der Waals surface area contributed by atoms with Gasteiger partial charge in [0.1, 0.15) is 0 Å². The van der Waals surface area contributed by atoms with Crippen LogP contribution in [0.5, 0.6) is 0 Å². The highest BCUT2D eigenvalue weighted by atomic mass is 28.3. The number of rotatable bonds is 9.